The number of para-hydroxylation sites is 1. The summed E-state index contributed by atoms with van der Waals surface area (Å²) in [4.78, 5) is 24.0. The number of carbonyl (C=O) groups is 2. The molecule has 4 aromatic rings. The summed E-state index contributed by atoms with van der Waals surface area (Å²) in [6.45, 7) is 0.0571. The molecule has 6 heteroatoms. The van der Waals surface area contributed by atoms with Gasteiger partial charge >= 0.3 is 12.1 Å². The average molecular weight is 428 g/mol. The molecule has 2 N–H and O–H groups in total. The molecule has 0 aliphatic heterocycles. The van der Waals surface area contributed by atoms with Crippen LogP contribution >= 0.6 is 0 Å². The Morgan fingerprint density at radius 2 is 1.59 bits per heavy atom. The maximum absolute atomic E-state index is 12.3. The number of fused-ring (bicyclic) bond motifs is 1. The third kappa shape index (κ3) is 4.81. The smallest absolute Gasteiger partial charge is 0.408 e. The van der Waals surface area contributed by atoms with Gasteiger partial charge in [0.05, 0.1) is 0 Å². The number of carboxylic acids is 1. The fourth-order valence-corrected chi connectivity index (χ4v) is 3.77. The number of carboxylic acid groups (broad SMARTS) is 1. The summed E-state index contributed by atoms with van der Waals surface area (Å²) in [5.74, 6) is -1.11. The minimum absolute atomic E-state index is 0.0571. The highest BCUT2D eigenvalue weighted by atomic mass is 16.5. The van der Waals surface area contributed by atoms with Gasteiger partial charge in [-0.1, -0.05) is 72.8 Å². The van der Waals surface area contributed by atoms with Crippen molar-refractivity contribution in [1.29, 1.82) is 0 Å². The van der Waals surface area contributed by atoms with E-state index in [2.05, 4.69) is 5.32 Å². The van der Waals surface area contributed by atoms with Gasteiger partial charge in [-0.25, -0.2) is 9.59 Å². The summed E-state index contributed by atoms with van der Waals surface area (Å²) < 4.78 is 7.21. The average Bonchev–Trinajstić information content (AvgIpc) is 3.13. The van der Waals surface area contributed by atoms with E-state index >= 15 is 0 Å². The van der Waals surface area contributed by atoms with Crippen molar-refractivity contribution in [2.45, 2.75) is 19.1 Å². The van der Waals surface area contributed by atoms with Crippen LogP contribution in [-0.4, -0.2) is 27.8 Å². The van der Waals surface area contributed by atoms with Crippen molar-refractivity contribution in [3.8, 4) is 11.1 Å². The molecule has 0 saturated heterocycles. The van der Waals surface area contributed by atoms with E-state index < -0.39 is 18.1 Å². The van der Waals surface area contributed by atoms with Crippen LogP contribution in [0.3, 0.4) is 0 Å². The van der Waals surface area contributed by atoms with Gasteiger partial charge in [-0.3, -0.25) is 0 Å². The third-order valence-corrected chi connectivity index (χ3v) is 5.42. The van der Waals surface area contributed by atoms with E-state index in [1.807, 2.05) is 96.7 Å². The van der Waals surface area contributed by atoms with Crippen molar-refractivity contribution < 1.29 is 19.4 Å². The van der Waals surface area contributed by atoms with Crippen molar-refractivity contribution >= 4 is 23.0 Å². The number of aliphatic carboxylic acids is 1. The lowest BCUT2D eigenvalue weighted by atomic mass is 10.0. The predicted molar refractivity (Wildman–Crippen MR) is 123 cm³/mol. The Morgan fingerprint density at radius 3 is 2.31 bits per heavy atom. The molecular formula is C26H24N2O4. The highest BCUT2D eigenvalue weighted by Gasteiger charge is 2.23. The van der Waals surface area contributed by atoms with Gasteiger partial charge in [-0.15, -0.1) is 0 Å². The molecule has 4 rings (SSSR count). The first-order chi connectivity index (χ1) is 15.5. The first kappa shape index (κ1) is 21.2. The molecule has 3 aromatic carbocycles. The van der Waals surface area contributed by atoms with Crippen LogP contribution < -0.4 is 5.32 Å². The van der Waals surface area contributed by atoms with Crippen LogP contribution in [0.2, 0.25) is 0 Å². The number of alkyl carbamates (subject to hydrolysis) is 1. The zero-order valence-corrected chi connectivity index (χ0v) is 17.7. The molecule has 0 radical (unpaired) electrons. The Morgan fingerprint density at radius 1 is 0.938 bits per heavy atom. The van der Waals surface area contributed by atoms with Gasteiger partial charge in [0.25, 0.3) is 0 Å². The number of hydrogen-bond donors (Lipinski definition) is 2. The molecule has 6 nitrogen and oxygen atoms in total. The number of rotatable bonds is 7. The Balaban J connectivity index is 1.37. The van der Waals surface area contributed by atoms with Gasteiger partial charge in [-0.2, -0.15) is 0 Å². The second kappa shape index (κ2) is 9.39. The highest BCUT2D eigenvalue weighted by molar-refractivity contribution is 5.86. The molecule has 1 heterocycles. The molecule has 0 bridgehead atoms. The van der Waals surface area contributed by atoms with Crippen LogP contribution in [0.5, 0.6) is 0 Å². The molecule has 1 aromatic heterocycles. The molecule has 32 heavy (non-hydrogen) atoms. The SMILES string of the molecule is Cn1cc(C[C@@H](NC(=O)OCc2ccc(-c3ccccc3)cc2)C(=O)O)c2ccccc21. The molecule has 0 saturated carbocycles. The minimum Gasteiger partial charge on any atom is -0.480 e. The van der Waals surface area contributed by atoms with Crippen molar-refractivity contribution in [2.24, 2.45) is 7.05 Å². The van der Waals surface area contributed by atoms with E-state index in [-0.39, 0.29) is 13.0 Å². The number of nitrogens with zero attached hydrogens (tertiary/aromatic N) is 1. The Labute approximate surface area is 186 Å². The van der Waals surface area contributed by atoms with Crippen LogP contribution in [0.1, 0.15) is 11.1 Å². The molecular weight excluding hydrogens is 404 g/mol. The van der Waals surface area contributed by atoms with Crippen LogP contribution in [0, 0.1) is 0 Å². The van der Waals surface area contributed by atoms with E-state index in [1.165, 1.54) is 0 Å². The molecule has 0 unspecified atom stereocenters. The summed E-state index contributed by atoms with van der Waals surface area (Å²) >= 11 is 0. The standard InChI is InChI=1S/C26H24N2O4/c1-28-16-21(22-9-5-6-10-24(22)28)15-23(25(29)30)27-26(31)32-17-18-11-13-20(14-12-18)19-7-3-2-4-8-19/h2-14,16,23H,15,17H2,1H3,(H,27,31)(H,29,30)/t23-/m1/s1. The van der Waals surface area contributed by atoms with Gasteiger partial charge < -0.3 is 19.7 Å². The molecule has 0 aliphatic rings. The summed E-state index contributed by atoms with van der Waals surface area (Å²) in [5.41, 5.74) is 4.86. The molecule has 0 spiro atoms. The summed E-state index contributed by atoms with van der Waals surface area (Å²) in [7, 11) is 1.91. The summed E-state index contributed by atoms with van der Waals surface area (Å²) in [6.07, 6.45) is 1.30. The Hall–Kier alpha value is -4.06. The number of ether oxygens (including phenoxy) is 1. The predicted octanol–water partition coefficient (Wildman–Crippen LogP) is 4.77. The number of nitrogens with one attached hydrogen (secondary N) is 1. The number of carbonyl (C=O) groups excluding carboxylic acids is 1. The van der Waals surface area contributed by atoms with Crippen molar-refractivity contribution in [2.75, 3.05) is 0 Å². The van der Waals surface area contributed by atoms with Crippen LogP contribution in [-0.2, 0) is 29.6 Å². The van der Waals surface area contributed by atoms with Gasteiger partial charge in [0.15, 0.2) is 0 Å². The van der Waals surface area contributed by atoms with E-state index in [1.54, 1.807) is 0 Å². The zero-order chi connectivity index (χ0) is 22.5. The lowest BCUT2D eigenvalue weighted by Crippen LogP contribution is -2.42. The number of benzene rings is 3. The normalized spacial score (nSPS) is 11.8. The fraction of sp³-hybridized carbons (Fsp3) is 0.154. The Bertz CT molecular complexity index is 1230. The van der Waals surface area contributed by atoms with Crippen molar-refractivity contribution in [3.63, 3.8) is 0 Å². The van der Waals surface area contributed by atoms with Crippen LogP contribution in [0.4, 0.5) is 4.79 Å². The molecule has 1 amide bonds. The van der Waals surface area contributed by atoms with Crippen molar-refractivity contribution in [1.82, 2.24) is 9.88 Å². The number of hydrogen-bond acceptors (Lipinski definition) is 3. The van der Waals surface area contributed by atoms with Gasteiger partial charge in [0.1, 0.15) is 12.6 Å². The van der Waals surface area contributed by atoms with E-state index in [0.29, 0.717) is 0 Å². The van der Waals surface area contributed by atoms with E-state index in [0.717, 1.165) is 33.2 Å². The monoisotopic (exact) mass is 428 g/mol. The Kier molecular flexibility index (Phi) is 6.22. The topological polar surface area (TPSA) is 80.6 Å². The first-order valence-electron chi connectivity index (χ1n) is 10.3. The van der Waals surface area contributed by atoms with Gasteiger partial charge in [-0.05, 0) is 28.3 Å². The van der Waals surface area contributed by atoms with Crippen molar-refractivity contribution in [3.05, 3.63) is 96.2 Å². The third-order valence-electron chi connectivity index (χ3n) is 5.42. The zero-order valence-electron chi connectivity index (χ0n) is 17.7. The second-order valence-electron chi connectivity index (χ2n) is 7.66. The lowest BCUT2D eigenvalue weighted by molar-refractivity contribution is -0.139. The molecule has 1 atom stereocenters. The summed E-state index contributed by atoms with van der Waals surface area (Å²) in [5, 5.41) is 13.1. The fourth-order valence-electron chi connectivity index (χ4n) is 3.77. The van der Waals surface area contributed by atoms with Gasteiger partial charge in [0.2, 0.25) is 0 Å². The van der Waals surface area contributed by atoms with Crippen LogP contribution in [0.25, 0.3) is 22.0 Å². The molecule has 0 aliphatic carbocycles. The molecule has 0 fully saturated rings. The number of aryl methyl sites for hydroxylation is 1. The lowest BCUT2D eigenvalue weighted by Gasteiger charge is -2.14. The van der Waals surface area contributed by atoms with Crippen LogP contribution in [0.15, 0.2) is 85.1 Å². The minimum atomic E-state index is -1.11. The number of amides is 1. The largest absolute Gasteiger partial charge is 0.480 e. The maximum atomic E-state index is 12.3. The second-order valence-corrected chi connectivity index (χ2v) is 7.66. The van der Waals surface area contributed by atoms with E-state index in [4.69, 9.17) is 4.74 Å². The van der Waals surface area contributed by atoms with Gasteiger partial charge in [0, 0.05) is 30.6 Å². The highest BCUT2D eigenvalue weighted by Crippen LogP contribution is 2.22. The maximum Gasteiger partial charge on any atom is 0.408 e. The quantitative estimate of drug-likeness (QED) is 0.444. The number of aromatic nitrogens is 1. The summed E-state index contributed by atoms with van der Waals surface area (Å²) in [6, 6.07) is 24.4. The molecule has 162 valence electrons. The first-order valence-corrected chi connectivity index (χ1v) is 10.3. The van der Waals surface area contributed by atoms with E-state index in [9.17, 15) is 14.7 Å².